The van der Waals surface area contributed by atoms with Gasteiger partial charge in [-0.25, -0.2) is 4.98 Å². The molecule has 0 radical (unpaired) electrons. The number of halogens is 1. The SMILES string of the molecule is CC(C)(C)c1nsc(N2CCN(CCCl)CC2)n1. The van der Waals surface area contributed by atoms with Crippen molar-refractivity contribution in [2.75, 3.05) is 43.5 Å². The maximum absolute atomic E-state index is 5.77. The van der Waals surface area contributed by atoms with E-state index in [1.54, 1.807) is 0 Å². The minimum atomic E-state index is 0.0369. The normalized spacial score (nSPS) is 18.3. The van der Waals surface area contributed by atoms with Crippen molar-refractivity contribution in [1.82, 2.24) is 14.3 Å². The lowest BCUT2D eigenvalue weighted by molar-refractivity contribution is 0.272. The number of alkyl halides is 1. The second-order valence-electron chi connectivity index (χ2n) is 5.67. The maximum atomic E-state index is 5.77. The molecule has 0 bridgehead atoms. The Morgan fingerprint density at radius 3 is 2.39 bits per heavy atom. The highest BCUT2D eigenvalue weighted by Gasteiger charge is 2.23. The first-order valence-corrected chi connectivity index (χ1v) is 7.69. The molecule has 1 fully saturated rings. The Hall–Kier alpha value is -0.390. The Labute approximate surface area is 118 Å². The van der Waals surface area contributed by atoms with Crippen LogP contribution in [0.1, 0.15) is 26.6 Å². The number of nitrogens with zero attached hydrogens (tertiary/aromatic N) is 4. The summed E-state index contributed by atoms with van der Waals surface area (Å²) in [6.07, 6.45) is 0. The molecule has 1 aliphatic heterocycles. The molecule has 0 spiro atoms. The molecule has 2 rings (SSSR count). The van der Waals surface area contributed by atoms with Crippen LogP contribution in [0, 0.1) is 0 Å². The summed E-state index contributed by atoms with van der Waals surface area (Å²) in [5, 5.41) is 1.06. The number of rotatable bonds is 3. The lowest BCUT2D eigenvalue weighted by Crippen LogP contribution is -2.47. The molecule has 1 saturated heterocycles. The minimum absolute atomic E-state index is 0.0369. The van der Waals surface area contributed by atoms with Gasteiger partial charge in [0.25, 0.3) is 0 Å². The van der Waals surface area contributed by atoms with E-state index in [-0.39, 0.29) is 5.41 Å². The Morgan fingerprint density at radius 2 is 1.89 bits per heavy atom. The van der Waals surface area contributed by atoms with Gasteiger partial charge in [0.15, 0.2) is 0 Å². The molecule has 0 amide bonds. The van der Waals surface area contributed by atoms with Crippen molar-refractivity contribution in [2.45, 2.75) is 26.2 Å². The van der Waals surface area contributed by atoms with E-state index in [0.717, 1.165) is 43.7 Å². The standard InChI is InChI=1S/C12H21ClN4S/c1-12(2,3)10-14-11(18-15-10)17-8-6-16(5-4-13)7-9-17/h4-9H2,1-3H3. The third-order valence-electron chi connectivity index (χ3n) is 3.13. The zero-order valence-electron chi connectivity index (χ0n) is 11.3. The lowest BCUT2D eigenvalue weighted by Gasteiger charge is -2.33. The van der Waals surface area contributed by atoms with E-state index in [1.165, 1.54) is 11.5 Å². The molecular weight excluding hydrogens is 268 g/mol. The topological polar surface area (TPSA) is 32.3 Å². The Balaban J connectivity index is 1.95. The number of piperazine rings is 1. The smallest absolute Gasteiger partial charge is 0.205 e. The second kappa shape index (κ2) is 5.72. The van der Waals surface area contributed by atoms with E-state index >= 15 is 0 Å². The number of anilines is 1. The van der Waals surface area contributed by atoms with Gasteiger partial charge in [-0.05, 0) is 0 Å². The summed E-state index contributed by atoms with van der Waals surface area (Å²) >= 11 is 7.28. The molecule has 0 atom stereocenters. The highest BCUT2D eigenvalue weighted by molar-refractivity contribution is 7.09. The highest BCUT2D eigenvalue weighted by atomic mass is 35.5. The molecule has 0 unspecified atom stereocenters. The van der Waals surface area contributed by atoms with Crippen LogP contribution >= 0.6 is 23.1 Å². The lowest BCUT2D eigenvalue weighted by atomic mass is 9.96. The summed E-state index contributed by atoms with van der Waals surface area (Å²) in [4.78, 5) is 9.39. The first-order chi connectivity index (χ1) is 8.50. The van der Waals surface area contributed by atoms with Gasteiger partial charge in [0, 0.05) is 55.6 Å². The zero-order valence-corrected chi connectivity index (χ0v) is 12.9. The van der Waals surface area contributed by atoms with Gasteiger partial charge in [-0.15, -0.1) is 11.6 Å². The molecule has 1 aromatic rings. The highest BCUT2D eigenvalue weighted by Crippen LogP contribution is 2.25. The zero-order chi connectivity index (χ0) is 13.2. The molecule has 1 aromatic heterocycles. The molecule has 4 nitrogen and oxygen atoms in total. The van der Waals surface area contributed by atoms with Crippen molar-refractivity contribution < 1.29 is 0 Å². The second-order valence-corrected chi connectivity index (χ2v) is 6.78. The van der Waals surface area contributed by atoms with Crippen molar-refractivity contribution in [1.29, 1.82) is 0 Å². The summed E-state index contributed by atoms with van der Waals surface area (Å²) in [5.74, 6) is 1.66. The largest absolute Gasteiger partial charge is 0.344 e. The predicted molar refractivity (Wildman–Crippen MR) is 78.0 cm³/mol. The van der Waals surface area contributed by atoms with Crippen LogP contribution in [-0.4, -0.2) is 52.9 Å². The molecular formula is C12H21ClN4S. The van der Waals surface area contributed by atoms with Gasteiger partial charge in [0.1, 0.15) is 5.82 Å². The van der Waals surface area contributed by atoms with Gasteiger partial charge < -0.3 is 4.90 Å². The molecule has 102 valence electrons. The summed E-state index contributed by atoms with van der Waals surface area (Å²) in [5.41, 5.74) is 0.0369. The first kappa shape index (κ1) is 14.0. The molecule has 0 aromatic carbocycles. The van der Waals surface area contributed by atoms with E-state index in [9.17, 15) is 0 Å². The summed E-state index contributed by atoms with van der Waals surface area (Å²) < 4.78 is 4.47. The van der Waals surface area contributed by atoms with Gasteiger partial charge in [-0.2, -0.15) is 4.37 Å². The van der Waals surface area contributed by atoms with Crippen molar-refractivity contribution in [3.8, 4) is 0 Å². The third kappa shape index (κ3) is 3.33. The average molecular weight is 289 g/mol. The molecule has 0 N–H and O–H groups in total. The van der Waals surface area contributed by atoms with Crippen molar-refractivity contribution >= 4 is 28.3 Å². The van der Waals surface area contributed by atoms with Crippen molar-refractivity contribution in [2.24, 2.45) is 0 Å². The molecule has 0 saturated carbocycles. The van der Waals surface area contributed by atoms with Crippen LogP contribution in [0.25, 0.3) is 0 Å². The number of hydrogen-bond acceptors (Lipinski definition) is 5. The third-order valence-corrected chi connectivity index (χ3v) is 4.08. The van der Waals surface area contributed by atoms with Gasteiger partial charge in [0.05, 0.1) is 0 Å². The van der Waals surface area contributed by atoms with Gasteiger partial charge >= 0.3 is 0 Å². The summed E-state index contributed by atoms with van der Waals surface area (Å²) in [7, 11) is 0. The van der Waals surface area contributed by atoms with Crippen molar-refractivity contribution in [3.05, 3.63) is 5.82 Å². The van der Waals surface area contributed by atoms with Gasteiger partial charge in [-0.3, -0.25) is 4.90 Å². The molecule has 18 heavy (non-hydrogen) atoms. The Kier molecular flexibility index (Phi) is 4.45. The van der Waals surface area contributed by atoms with Gasteiger partial charge in [-0.1, -0.05) is 20.8 Å². The fourth-order valence-electron chi connectivity index (χ4n) is 1.93. The quantitative estimate of drug-likeness (QED) is 0.798. The molecule has 6 heteroatoms. The Morgan fingerprint density at radius 1 is 1.22 bits per heavy atom. The maximum Gasteiger partial charge on any atom is 0.205 e. The van der Waals surface area contributed by atoms with Crippen LogP contribution in [0.3, 0.4) is 0 Å². The number of hydrogen-bond donors (Lipinski definition) is 0. The van der Waals surface area contributed by atoms with E-state index in [2.05, 4.69) is 39.9 Å². The average Bonchev–Trinajstić information content (AvgIpc) is 2.79. The molecule has 2 heterocycles. The fourth-order valence-corrected chi connectivity index (χ4v) is 3.08. The van der Waals surface area contributed by atoms with E-state index < -0.39 is 0 Å². The number of aromatic nitrogens is 2. The minimum Gasteiger partial charge on any atom is -0.344 e. The monoisotopic (exact) mass is 288 g/mol. The van der Waals surface area contributed by atoms with Crippen LogP contribution in [0.4, 0.5) is 5.13 Å². The predicted octanol–water partition coefficient (Wildman–Crippen LogP) is 2.20. The van der Waals surface area contributed by atoms with Crippen LogP contribution in [0.15, 0.2) is 0 Å². The molecule has 0 aliphatic carbocycles. The van der Waals surface area contributed by atoms with Crippen LogP contribution in [0.5, 0.6) is 0 Å². The molecule has 1 aliphatic rings. The summed E-state index contributed by atoms with van der Waals surface area (Å²) in [6.45, 7) is 11.6. The summed E-state index contributed by atoms with van der Waals surface area (Å²) in [6, 6.07) is 0. The fraction of sp³-hybridized carbons (Fsp3) is 0.833. The van der Waals surface area contributed by atoms with Crippen LogP contribution in [-0.2, 0) is 5.41 Å². The van der Waals surface area contributed by atoms with Crippen LogP contribution < -0.4 is 4.90 Å². The van der Waals surface area contributed by atoms with E-state index in [0.29, 0.717) is 5.88 Å². The van der Waals surface area contributed by atoms with E-state index in [1.807, 2.05) is 0 Å². The van der Waals surface area contributed by atoms with Gasteiger partial charge in [0.2, 0.25) is 5.13 Å². The first-order valence-electron chi connectivity index (χ1n) is 6.38. The van der Waals surface area contributed by atoms with Crippen LogP contribution in [0.2, 0.25) is 0 Å². The van der Waals surface area contributed by atoms with E-state index in [4.69, 9.17) is 11.6 Å². The Bertz CT molecular complexity index is 380. The van der Waals surface area contributed by atoms with Crippen molar-refractivity contribution in [3.63, 3.8) is 0 Å².